The van der Waals surface area contributed by atoms with E-state index in [1.54, 1.807) is 24.4 Å². The normalized spacial score (nSPS) is 14.8. The third-order valence-corrected chi connectivity index (χ3v) is 3.18. The molecule has 0 aliphatic heterocycles. The van der Waals surface area contributed by atoms with Crippen molar-refractivity contribution < 1.29 is 4.39 Å². The van der Waals surface area contributed by atoms with Gasteiger partial charge in [-0.3, -0.25) is 0 Å². The number of nitrogens with zero attached hydrogens (tertiary/aromatic N) is 2. The first-order valence-corrected chi connectivity index (χ1v) is 5.90. The van der Waals surface area contributed by atoms with Crippen LogP contribution in [0, 0.1) is 12.7 Å². The molecule has 3 rings (SSSR count). The van der Waals surface area contributed by atoms with Crippen molar-refractivity contribution in [3.8, 4) is 11.4 Å². The first-order valence-electron chi connectivity index (χ1n) is 5.90. The molecule has 1 aliphatic carbocycles. The number of nitrogens with two attached hydrogens (primary N) is 1. The van der Waals surface area contributed by atoms with Gasteiger partial charge in [-0.05, 0) is 37.3 Å². The van der Waals surface area contributed by atoms with Crippen LogP contribution >= 0.6 is 0 Å². The van der Waals surface area contributed by atoms with Gasteiger partial charge in [0.25, 0.3) is 0 Å². The van der Waals surface area contributed by atoms with Crippen LogP contribution in [0.15, 0.2) is 24.4 Å². The molecule has 0 bridgehead atoms. The predicted octanol–water partition coefficient (Wildman–Crippen LogP) is 2.92. The molecule has 0 unspecified atom stereocenters. The predicted molar refractivity (Wildman–Crippen MR) is 68.3 cm³/mol. The van der Waals surface area contributed by atoms with Gasteiger partial charge >= 0.3 is 0 Å². The minimum atomic E-state index is -0.393. The molecule has 2 N–H and O–H groups in total. The van der Waals surface area contributed by atoms with E-state index in [-0.39, 0.29) is 0 Å². The first-order chi connectivity index (χ1) is 8.66. The monoisotopic (exact) mass is 242 g/mol. The van der Waals surface area contributed by atoms with Crippen molar-refractivity contribution in [1.82, 2.24) is 9.97 Å². The van der Waals surface area contributed by atoms with Gasteiger partial charge in [-0.15, -0.1) is 0 Å². The van der Waals surface area contributed by atoms with E-state index in [1.165, 1.54) is 0 Å². The molecule has 18 heavy (non-hydrogen) atoms. The second-order valence-electron chi connectivity index (χ2n) is 4.59. The van der Waals surface area contributed by atoms with Gasteiger partial charge in [-0.1, -0.05) is 12.1 Å². The Morgan fingerprint density at radius 1 is 1.33 bits per heavy atom. The summed E-state index contributed by atoms with van der Waals surface area (Å²) in [6, 6.07) is 4.98. The lowest BCUT2D eigenvalue weighted by Crippen LogP contribution is -2.01. The number of hydrogen-bond donors (Lipinski definition) is 1. The van der Waals surface area contributed by atoms with E-state index in [2.05, 4.69) is 16.9 Å². The van der Waals surface area contributed by atoms with E-state index in [4.69, 9.17) is 5.73 Å². The lowest BCUT2D eigenvalue weighted by atomic mass is 10.1. The number of benzene rings is 1. The second-order valence-corrected chi connectivity index (χ2v) is 4.59. The number of anilines is 1. The molecule has 1 aliphatic rings. The molecule has 2 aromatic rings. The quantitative estimate of drug-likeness (QED) is 0.880. The Bertz CT molecular complexity index is 606. The highest BCUT2D eigenvalue weighted by molar-refractivity contribution is 5.60. The van der Waals surface area contributed by atoms with Crippen LogP contribution in [-0.2, 0) is 0 Å². The van der Waals surface area contributed by atoms with Crippen molar-refractivity contribution in [1.29, 1.82) is 0 Å². The van der Waals surface area contributed by atoms with E-state index in [1.807, 2.05) is 0 Å². The molecular weight excluding hydrogens is 229 g/mol. The van der Waals surface area contributed by atoms with E-state index in [0.29, 0.717) is 28.7 Å². The summed E-state index contributed by atoms with van der Waals surface area (Å²) >= 11 is 0. The highest BCUT2D eigenvalue weighted by atomic mass is 19.1. The maximum absolute atomic E-state index is 13.9. The summed E-state index contributed by atoms with van der Waals surface area (Å²) in [6.07, 6.45) is 3.98. The van der Waals surface area contributed by atoms with Gasteiger partial charge in [0.15, 0.2) is 5.82 Å². The number of halogens is 1. The molecule has 1 aromatic heterocycles. The molecule has 1 radical (unpaired) electrons. The molecule has 1 aromatic carbocycles. The lowest BCUT2D eigenvalue weighted by molar-refractivity contribution is 0.625. The third-order valence-electron chi connectivity index (χ3n) is 3.18. The molecular formula is C14H13FN3. The van der Waals surface area contributed by atoms with Gasteiger partial charge in [-0.2, -0.15) is 0 Å². The second kappa shape index (κ2) is 4.05. The van der Waals surface area contributed by atoms with E-state index in [9.17, 15) is 4.39 Å². The number of hydrogen-bond acceptors (Lipinski definition) is 3. The zero-order chi connectivity index (χ0) is 12.7. The van der Waals surface area contributed by atoms with Gasteiger partial charge in [0.1, 0.15) is 11.6 Å². The highest BCUT2D eigenvalue weighted by Gasteiger charge is 2.27. The summed E-state index contributed by atoms with van der Waals surface area (Å²) < 4.78 is 13.9. The van der Waals surface area contributed by atoms with Crippen LogP contribution in [0.2, 0.25) is 0 Å². The standard InChI is InChI=1S/C14H13FN3/c1-8-3-2-4-10(12(8)15)14-17-7-11(9-5-6-9)13(16)18-14/h2-4,7,9H,1,5-6H2,(H2,16,17,18). The molecule has 1 heterocycles. The molecule has 1 saturated carbocycles. The fourth-order valence-electron chi connectivity index (χ4n) is 2.00. The van der Waals surface area contributed by atoms with Crippen LogP contribution in [0.25, 0.3) is 11.4 Å². The number of nitrogen functional groups attached to an aromatic ring is 1. The maximum atomic E-state index is 13.9. The SMILES string of the molecule is [CH2]c1cccc(-c2ncc(C3CC3)c(N)n2)c1F. The van der Waals surface area contributed by atoms with Crippen LogP contribution in [0.5, 0.6) is 0 Å². The molecule has 91 valence electrons. The van der Waals surface area contributed by atoms with Crippen molar-refractivity contribution in [3.05, 3.63) is 48.3 Å². The summed E-state index contributed by atoms with van der Waals surface area (Å²) in [7, 11) is 0. The van der Waals surface area contributed by atoms with E-state index in [0.717, 1.165) is 18.4 Å². The van der Waals surface area contributed by atoms with Crippen LogP contribution in [0.4, 0.5) is 10.2 Å². The van der Waals surface area contributed by atoms with Crippen molar-refractivity contribution in [3.63, 3.8) is 0 Å². The Hall–Kier alpha value is -1.97. The molecule has 3 nitrogen and oxygen atoms in total. The molecule has 0 amide bonds. The van der Waals surface area contributed by atoms with Crippen molar-refractivity contribution >= 4 is 5.82 Å². The summed E-state index contributed by atoms with van der Waals surface area (Å²) in [5.74, 6) is 0.871. The highest BCUT2D eigenvalue weighted by Crippen LogP contribution is 2.42. The molecule has 0 saturated heterocycles. The van der Waals surface area contributed by atoms with Gasteiger partial charge in [0.05, 0.1) is 5.56 Å². The summed E-state index contributed by atoms with van der Waals surface area (Å²) in [5, 5.41) is 0. The Labute approximate surface area is 105 Å². The zero-order valence-electron chi connectivity index (χ0n) is 9.86. The smallest absolute Gasteiger partial charge is 0.164 e. The average Bonchev–Trinajstić information content (AvgIpc) is 3.17. The molecule has 4 heteroatoms. The summed E-state index contributed by atoms with van der Waals surface area (Å²) in [5.41, 5.74) is 7.55. The van der Waals surface area contributed by atoms with E-state index >= 15 is 0 Å². The van der Waals surface area contributed by atoms with Crippen molar-refractivity contribution in [2.24, 2.45) is 0 Å². The van der Waals surface area contributed by atoms with Crippen LogP contribution in [0.3, 0.4) is 0 Å². The number of aromatic nitrogens is 2. The fraction of sp³-hybridized carbons (Fsp3) is 0.214. The Kier molecular flexibility index (Phi) is 2.51. The lowest BCUT2D eigenvalue weighted by Gasteiger charge is -2.07. The van der Waals surface area contributed by atoms with Crippen LogP contribution in [-0.4, -0.2) is 9.97 Å². The third kappa shape index (κ3) is 1.83. The molecule has 0 atom stereocenters. The Morgan fingerprint density at radius 3 is 2.78 bits per heavy atom. The average molecular weight is 242 g/mol. The topological polar surface area (TPSA) is 51.8 Å². The van der Waals surface area contributed by atoms with Crippen LogP contribution in [0.1, 0.15) is 29.9 Å². The fourth-order valence-corrected chi connectivity index (χ4v) is 2.00. The van der Waals surface area contributed by atoms with Crippen molar-refractivity contribution in [2.75, 3.05) is 5.73 Å². The van der Waals surface area contributed by atoms with Gasteiger partial charge in [-0.25, -0.2) is 14.4 Å². The van der Waals surface area contributed by atoms with Crippen molar-refractivity contribution in [2.45, 2.75) is 18.8 Å². The maximum Gasteiger partial charge on any atom is 0.164 e. The largest absolute Gasteiger partial charge is 0.383 e. The summed E-state index contributed by atoms with van der Waals surface area (Å²) in [6.45, 7) is 3.62. The Morgan fingerprint density at radius 2 is 2.11 bits per heavy atom. The number of rotatable bonds is 2. The minimum Gasteiger partial charge on any atom is -0.383 e. The summed E-state index contributed by atoms with van der Waals surface area (Å²) in [4.78, 5) is 8.42. The van der Waals surface area contributed by atoms with E-state index < -0.39 is 5.82 Å². The van der Waals surface area contributed by atoms with Gasteiger partial charge in [0, 0.05) is 11.8 Å². The zero-order valence-corrected chi connectivity index (χ0v) is 9.86. The van der Waals surface area contributed by atoms with Gasteiger partial charge < -0.3 is 5.73 Å². The van der Waals surface area contributed by atoms with Gasteiger partial charge in [0.2, 0.25) is 0 Å². The minimum absolute atomic E-state index is 0.319. The van der Waals surface area contributed by atoms with Crippen LogP contribution < -0.4 is 5.73 Å². The Balaban J connectivity index is 2.06. The molecule has 1 fully saturated rings. The molecule has 0 spiro atoms. The first kappa shape index (κ1) is 11.1.